The van der Waals surface area contributed by atoms with Crippen LogP contribution in [0, 0.1) is 0 Å². The third-order valence-corrected chi connectivity index (χ3v) is 5.04. The SMILES string of the molecule is CC(=O)OC(CCCO)CC[C@H]1O[C@@H]2OC(C)(C)O[C@@H]2[C@H]2OC(C)(C)O[C@H]21. The Morgan fingerprint density at radius 3 is 2.30 bits per heavy atom. The van der Waals surface area contributed by atoms with Crippen LogP contribution < -0.4 is 0 Å². The van der Waals surface area contributed by atoms with Gasteiger partial charge in [-0.3, -0.25) is 4.79 Å². The molecule has 3 rings (SSSR count). The Bertz CT molecular complexity index is 534. The Morgan fingerprint density at radius 1 is 1.00 bits per heavy atom. The number of fused-ring (bicyclic) bond motifs is 3. The second-order valence-corrected chi connectivity index (χ2v) is 8.38. The van der Waals surface area contributed by atoms with Crippen molar-refractivity contribution in [2.24, 2.45) is 0 Å². The molecule has 0 aromatic heterocycles. The summed E-state index contributed by atoms with van der Waals surface area (Å²) in [5.74, 6) is -1.79. The van der Waals surface area contributed by atoms with Crippen molar-refractivity contribution in [1.82, 2.24) is 0 Å². The Balaban J connectivity index is 1.68. The van der Waals surface area contributed by atoms with Crippen LogP contribution >= 0.6 is 0 Å². The number of hydrogen-bond donors (Lipinski definition) is 1. The van der Waals surface area contributed by atoms with E-state index >= 15 is 0 Å². The van der Waals surface area contributed by atoms with Crippen molar-refractivity contribution in [2.75, 3.05) is 6.61 Å². The summed E-state index contributed by atoms with van der Waals surface area (Å²) in [6, 6.07) is 0. The average Bonchev–Trinajstić information content (AvgIpc) is 3.03. The maximum atomic E-state index is 11.4. The summed E-state index contributed by atoms with van der Waals surface area (Å²) < 4.78 is 35.6. The van der Waals surface area contributed by atoms with Crippen LogP contribution in [0.2, 0.25) is 0 Å². The van der Waals surface area contributed by atoms with Crippen molar-refractivity contribution in [3.05, 3.63) is 0 Å². The van der Waals surface area contributed by atoms with E-state index in [1.165, 1.54) is 6.92 Å². The van der Waals surface area contributed by atoms with E-state index < -0.39 is 17.9 Å². The fraction of sp³-hybridized carbons (Fsp3) is 0.947. The van der Waals surface area contributed by atoms with Gasteiger partial charge < -0.3 is 33.5 Å². The van der Waals surface area contributed by atoms with Crippen molar-refractivity contribution in [3.63, 3.8) is 0 Å². The summed E-state index contributed by atoms with van der Waals surface area (Å²) in [5, 5.41) is 9.07. The number of carbonyl (C=O) groups is 1. The second-order valence-electron chi connectivity index (χ2n) is 8.38. The number of hydrogen-bond acceptors (Lipinski definition) is 8. The van der Waals surface area contributed by atoms with Crippen LogP contribution in [0.5, 0.6) is 0 Å². The minimum absolute atomic E-state index is 0.0670. The normalized spacial score (nSPS) is 37.5. The molecule has 3 fully saturated rings. The molecule has 0 aromatic carbocycles. The Morgan fingerprint density at radius 2 is 1.63 bits per heavy atom. The van der Waals surface area contributed by atoms with E-state index in [1.54, 1.807) is 0 Å². The average molecular weight is 388 g/mol. The lowest BCUT2D eigenvalue weighted by molar-refractivity contribution is -0.236. The van der Waals surface area contributed by atoms with Crippen molar-refractivity contribution in [1.29, 1.82) is 0 Å². The molecule has 3 aliphatic rings. The predicted molar refractivity (Wildman–Crippen MR) is 93.6 cm³/mol. The highest BCUT2D eigenvalue weighted by atomic mass is 16.9. The summed E-state index contributed by atoms with van der Waals surface area (Å²) in [4.78, 5) is 11.4. The van der Waals surface area contributed by atoms with E-state index in [1.807, 2.05) is 27.7 Å². The quantitative estimate of drug-likeness (QED) is 0.661. The van der Waals surface area contributed by atoms with Gasteiger partial charge in [-0.1, -0.05) is 0 Å². The summed E-state index contributed by atoms with van der Waals surface area (Å²) in [7, 11) is 0. The molecule has 156 valence electrons. The zero-order chi connectivity index (χ0) is 19.8. The molecule has 0 bridgehead atoms. The van der Waals surface area contributed by atoms with Gasteiger partial charge in [-0.05, 0) is 53.4 Å². The molecular formula is C19H32O8. The summed E-state index contributed by atoms with van der Waals surface area (Å²) >= 11 is 0. The number of aliphatic hydroxyl groups is 1. The number of esters is 1. The molecule has 0 aliphatic carbocycles. The summed E-state index contributed by atoms with van der Waals surface area (Å²) in [5.41, 5.74) is 0. The third kappa shape index (κ3) is 4.99. The van der Waals surface area contributed by atoms with E-state index in [-0.39, 0.29) is 43.1 Å². The highest BCUT2D eigenvalue weighted by Crippen LogP contribution is 2.45. The monoisotopic (exact) mass is 388 g/mol. The lowest BCUT2D eigenvalue weighted by atomic mass is 9.94. The summed E-state index contributed by atoms with van der Waals surface area (Å²) in [6.45, 7) is 8.92. The molecule has 3 aliphatic heterocycles. The van der Waals surface area contributed by atoms with Gasteiger partial charge in [0.25, 0.3) is 0 Å². The Hall–Kier alpha value is -0.770. The highest BCUT2D eigenvalue weighted by molar-refractivity contribution is 5.66. The maximum absolute atomic E-state index is 11.4. The number of carbonyl (C=O) groups excluding carboxylic acids is 1. The predicted octanol–water partition coefficient (Wildman–Crippen LogP) is 1.87. The van der Waals surface area contributed by atoms with Gasteiger partial charge in [-0.15, -0.1) is 0 Å². The van der Waals surface area contributed by atoms with Crippen molar-refractivity contribution < 1.29 is 38.3 Å². The van der Waals surface area contributed by atoms with Gasteiger partial charge in [0.1, 0.15) is 24.4 Å². The highest BCUT2D eigenvalue weighted by Gasteiger charge is 2.60. The van der Waals surface area contributed by atoms with Crippen molar-refractivity contribution >= 4 is 5.97 Å². The molecule has 0 spiro atoms. The van der Waals surface area contributed by atoms with E-state index in [2.05, 4.69) is 0 Å². The van der Waals surface area contributed by atoms with Crippen molar-refractivity contribution in [3.8, 4) is 0 Å². The van der Waals surface area contributed by atoms with E-state index in [4.69, 9.17) is 33.5 Å². The molecule has 3 heterocycles. The van der Waals surface area contributed by atoms with E-state index in [9.17, 15) is 4.79 Å². The van der Waals surface area contributed by atoms with Crippen LogP contribution in [0.1, 0.15) is 60.3 Å². The van der Waals surface area contributed by atoms with Crippen LogP contribution in [0.3, 0.4) is 0 Å². The van der Waals surface area contributed by atoms with Crippen LogP contribution in [0.4, 0.5) is 0 Å². The smallest absolute Gasteiger partial charge is 0.302 e. The van der Waals surface area contributed by atoms with E-state index in [0.29, 0.717) is 25.7 Å². The zero-order valence-electron chi connectivity index (χ0n) is 16.8. The Labute approximate surface area is 160 Å². The molecule has 8 heteroatoms. The minimum atomic E-state index is -0.744. The van der Waals surface area contributed by atoms with Crippen LogP contribution in [0.25, 0.3) is 0 Å². The van der Waals surface area contributed by atoms with Gasteiger partial charge in [0.15, 0.2) is 17.9 Å². The van der Waals surface area contributed by atoms with Gasteiger partial charge in [0.05, 0.1) is 6.10 Å². The van der Waals surface area contributed by atoms with E-state index in [0.717, 1.165) is 0 Å². The first-order chi connectivity index (χ1) is 12.6. The van der Waals surface area contributed by atoms with Gasteiger partial charge in [-0.25, -0.2) is 0 Å². The standard InChI is InChI=1S/C19H32O8/c1-11(21)22-12(7-6-10-20)8-9-13-14-15(25-18(2,3)24-14)16-17(23-13)27-19(4,5)26-16/h12-17,20H,6-10H2,1-5H3/t12?,13-,14+,15+,16-,17-/m1/s1. The van der Waals surface area contributed by atoms with Gasteiger partial charge >= 0.3 is 5.97 Å². The number of rotatable bonds is 7. The topological polar surface area (TPSA) is 92.7 Å². The zero-order valence-corrected chi connectivity index (χ0v) is 16.8. The third-order valence-electron chi connectivity index (χ3n) is 5.04. The van der Waals surface area contributed by atoms with Crippen molar-refractivity contribution in [2.45, 2.75) is 109 Å². The van der Waals surface area contributed by atoms with Crippen LogP contribution in [-0.4, -0.2) is 66.1 Å². The Kier molecular flexibility index (Phi) is 6.15. The molecule has 1 unspecified atom stereocenters. The molecule has 3 saturated heterocycles. The molecule has 27 heavy (non-hydrogen) atoms. The lowest BCUT2D eigenvalue weighted by Gasteiger charge is -2.37. The molecule has 0 aromatic rings. The number of ether oxygens (including phenoxy) is 6. The molecule has 8 nitrogen and oxygen atoms in total. The fourth-order valence-corrected chi connectivity index (χ4v) is 4.09. The minimum Gasteiger partial charge on any atom is -0.463 e. The molecule has 0 saturated carbocycles. The molecular weight excluding hydrogens is 356 g/mol. The summed E-state index contributed by atoms with van der Waals surface area (Å²) in [6.07, 6.45) is 0.469. The fourth-order valence-electron chi connectivity index (χ4n) is 4.09. The first kappa shape index (κ1) is 21.0. The first-order valence-corrected chi connectivity index (χ1v) is 9.75. The molecule has 0 amide bonds. The second kappa shape index (κ2) is 7.93. The maximum Gasteiger partial charge on any atom is 0.302 e. The largest absolute Gasteiger partial charge is 0.463 e. The van der Waals surface area contributed by atoms with Gasteiger partial charge in [-0.2, -0.15) is 0 Å². The van der Waals surface area contributed by atoms with Crippen LogP contribution in [-0.2, 0) is 33.2 Å². The lowest BCUT2D eigenvalue weighted by Crippen LogP contribution is -2.55. The molecule has 1 N–H and O–H groups in total. The molecule has 0 radical (unpaired) electrons. The van der Waals surface area contributed by atoms with Gasteiger partial charge in [0, 0.05) is 13.5 Å². The van der Waals surface area contributed by atoms with Gasteiger partial charge in [0.2, 0.25) is 0 Å². The first-order valence-electron chi connectivity index (χ1n) is 9.75. The molecule has 6 atom stereocenters. The van der Waals surface area contributed by atoms with Crippen LogP contribution in [0.15, 0.2) is 0 Å². The number of aliphatic hydroxyl groups excluding tert-OH is 1.